The maximum Gasteiger partial charge on any atom is 0.295 e. The zero-order valence-corrected chi connectivity index (χ0v) is 22.3. The van der Waals surface area contributed by atoms with E-state index in [1.165, 1.54) is 0 Å². The molecule has 0 aromatic heterocycles. The van der Waals surface area contributed by atoms with Crippen LogP contribution >= 0.6 is 0 Å². The average molecular weight is 525 g/mol. The van der Waals surface area contributed by atoms with Crippen molar-refractivity contribution < 1.29 is 33.6 Å². The Hall–Kier alpha value is -3.56. The Morgan fingerprint density at radius 1 is 0.895 bits per heavy atom. The molecule has 38 heavy (non-hydrogen) atoms. The predicted molar refractivity (Wildman–Crippen MR) is 143 cm³/mol. The molecule has 2 saturated heterocycles. The Bertz CT molecular complexity index is 1160. The van der Waals surface area contributed by atoms with Crippen LogP contribution < -0.4 is 14.2 Å². The van der Waals surface area contributed by atoms with Crippen molar-refractivity contribution in [1.29, 1.82) is 0 Å². The lowest BCUT2D eigenvalue weighted by atomic mass is 9.95. The SMILES string of the molecule is CCOc1ccc(C(O)=C2C(=O)C(=O)N(CCN3CCOCC3)[C@@H]2c2ccc(OCC)c(OCC)c2)cc1. The first-order valence-corrected chi connectivity index (χ1v) is 13.2. The first kappa shape index (κ1) is 27.5. The third kappa shape index (κ3) is 5.95. The highest BCUT2D eigenvalue weighted by Crippen LogP contribution is 2.42. The Morgan fingerprint density at radius 3 is 2.21 bits per heavy atom. The molecular formula is C29H36N2O7. The second kappa shape index (κ2) is 12.8. The summed E-state index contributed by atoms with van der Waals surface area (Å²) in [5.74, 6) is 0.177. The van der Waals surface area contributed by atoms with Crippen molar-refractivity contribution in [3.8, 4) is 17.2 Å². The zero-order valence-electron chi connectivity index (χ0n) is 22.3. The average Bonchev–Trinajstić information content (AvgIpc) is 3.19. The summed E-state index contributed by atoms with van der Waals surface area (Å²) in [7, 11) is 0. The van der Waals surface area contributed by atoms with Crippen molar-refractivity contribution in [1.82, 2.24) is 9.80 Å². The van der Waals surface area contributed by atoms with Crippen LogP contribution in [0.25, 0.3) is 5.76 Å². The van der Waals surface area contributed by atoms with Crippen LogP contribution in [0.15, 0.2) is 48.0 Å². The van der Waals surface area contributed by atoms with Crippen LogP contribution in [0, 0.1) is 0 Å². The minimum atomic E-state index is -0.780. The monoisotopic (exact) mass is 524 g/mol. The summed E-state index contributed by atoms with van der Waals surface area (Å²) >= 11 is 0. The highest BCUT2D eigenvalue weighted by Gasteiger charge is 2.46. The van der Waals surface area contributed by atoms with Gasteiger partial charge in [-0.15, -0.1) is 0 Å². The molecule has 2 fully saturated rings. The van der Waals surface area contributed by atoms with E-state index in [9.17, 15) is 14.7 Å². The van der Waals surface area contributed by atoms with E-state index in [1.54, 1.807) is 41.3 Å². The minimum absolute atomic E-state index is 0.0488. The van der Waals surface area contributed by atoms with Gasteiger partial charge in [0, 0.05) is 31.7 Å². The molecule has 0 aliphatic carbocycles. The van der Waals surface area contributed by atoms with E-state index in [1.807, 2.05) is 26.8 Å². The van der Waals surface area contributed by atoms with Crippen LogP contribution in [0.5, 0.6) is 17.2 Å². The van der Waals surface area contributed by atoms with Crippen molar-refractivity contribution in [2.24, 2.45) is 0 Å². The van der Waals surface area contributed by atoms with Crippen LogP contribution in [0.4, 0.5) is 0 Å². The molecule has 0 unspecified atom stereocenters. The van der Waals surface area contributed by atoms with E-state index < -0.39 is 17.7 Å². The van der Waals surface area contributed by atoms with Crippen LogP contribution in [-0.4, -0.2) is 85.8 Å². The highest BCUT2D eigenvalue weighted by atomic mass is 16.5. The number of likely N-dealkylation sites (tertiary alicyclic amines) is 1. The third-order valence-corrected chi connectivity index (χ3v) is 6.62. The van der Waals surface area contributed by atoms with E-state index in [4.69, 9.17) is 18.9 Å². The predicted octanol–water partition coefficient (Wildman–Crippen LogP) is 3.64. The molecule has 4 rings (SSSR count). The van der Waals surface area contributed by atoms with Gasteiger partial charge in [0.2, 0.25) is 0 Å². The first-order chi connectivity index (χ1) is 18.5. The van der Waals surface area contributed by atoms with Crippen LogP contribution in [0.2, 0.25) is 0 Å². The quantitative estimate of drug-likeness (QED) is 0.270. The number of ketones is 1. The molecule has 1 N–H and O–H groups in total. The molecule has 0 saturated carbocycles. The highest BCUT2D eigenvalue weighted by molar-refractivity contribution is 6.46. The fourth-order valence-corrected chi connectivity index (χ4v) is 4.80. The van der Waals surface area contributed by atoms with Gasteiger partial charge in [-0.25, -0.2) is 0 Å². The van der Waals surface area contributed by atoms with Crippen molar-refractivity contribution in [3.63, 3.8) is 0 Å². The van der Waals surface area contributed by atoms with Crippen molar-refractivity contribution >= 4 is 17.4 Å². The van der Waals surface area contributed by atoms with Gasteiger partial charge in [-0.2, -0.15) is 0 Å². The number of carbonyl (C=O) groups excluding carboxylic acids is 2. The smallest absolute Gasteiger partial charge is 0.295 e. The van der Waals surface area contributed by atoms with Gasteiger partial charge in [0.05, 0.1) is 44.6 Å². The molecule has 0 radical (unpaired) electrons. The van der Waals surface area contributed by atoms with Gasteiger partial charge in [-0.05, 0) is 62.7 Å². The van der Waals surface area contributed by atoms with Gasteiger partial charge < -0.3 is 29.0 Å². The number of amides is 1. The molecule has 9 nitrogen and oxygen atoms in total. The lowest BCUT2D eigenvalue weighted by Gasteiger charge is -2.31. The molecule has 0 spiro atoms. The van der Waals surface area contributed by atoms with Crippen molar-refractivity contribution in [2.75, 3.05) is 59.2 Å². The van der Waals surface area contributed by atoms with Gasteiger partial charge in [0.1, 0.15) is 11.5 Å². The van der Waals surface area contributed by atoms with E-state index in [0.717, 1.165) is 13.1 Å². The lowest BCUT2D eigenvalue weighted by Crippen LogP contribution is -2.42. The lowest BCUT2D eigenvalue weighted by molar-refractivity contribution is -0.140. The Balaban J connectivity index is 1.76. The summed E-state index contributed by atoms with van der Waals surface area (Å²) in [6.45, 7) is 10.8. The van der Waals surface area contributed by atoms with Crippen LogP contribution in [-0.2, 0) is 14.3 Å². The summed E-state index contributed by atoms with van der Waals surface area (Å²) in [5, 5.41) is 11.4. The summed E-state index contributed by atoms with van der Waals surface area (Å²) in [6, 6.07) is 11.4. The first-order valence-electron chi connectivity index (χ1n) is 13.2. The van der Waals surface area contributed by atoms with Crippen LogP contribution in [0.1, 0.15) is 37.9 Å². The molecule has 2 aromatic carbocycles. The molecule has 2 aliphatic heterocycles. The number of benzene rings is 2. The molecule has 0 bridgehead atoms. The number of aliphatic hydroxyl groups is 1. The molecule has 1 amide bonds. The summed E-state index contributed by atoms with van der Waals surface area (Å²) in [6.07, 6.45) is 0. The molecule has 2 aliphatic rings. The van der Waals surface area contributed by atoms with Crippen LogP contribution in [0.3, 0.4) is 0 Å². The van der Waals surface area contributed by atoms with Gasteiger partial charge >= 0.3 is 0 Å². The van der Waals surface area contributed by atoms with Gasteiger partial charge in [-0.1, -0.05) is 6.07 Å². The van der Waals surface area contributed by atoms with E-state index in [0.29, 0.717) is 74.5 Å². The number of morpholine rings is 1. The fraction of sp³-hybridized carbons (Fsp3) is 0.448. The number of Topliss-reactive ketones (excluding diaryl/α,β-unsaturated/α-hetero) is 1. The van der Waals surface area contributed by atoms with Crippen molar-refractivity contribution in [2.45, 2.75) is 26.8 Å². The maximum absolute atomic E-state index is 13.4. The number of carbonyl (C=O) groups is 2. The third-order valence-electron chi connectivity index (χ3n) is 6.62. The summed E-state index contributed by atoms with van der Waals surface area (Å²) in [4.78, 5) is 30.5. The van der Waals surface area contributed by atoms with E-state index in [-0.39, 0.29) is 11.3 Å². The summed E-state index contributed by atoms with van der Waals surface area (Å²) < 4.78 is 22.5. The van der Waals surface area contributed by atoms with Crippen molar-refractivity contribution in [3.05, 3.63) is 59.2 Å². The van der Waals surface area contributed by atoms with E-state index >= 15 is 0 Å². The standard InChI is InChI=1S/C29H36N2O7/c1-4-36-22-10-7-20(8-11-22)27(32)25-26(21-9-12-23(37-5-2)24(19-21)38-6-3)31(29(34)28(25)33)14-13-30-15-17-35-18-16-30/h7-12,19,26,32H,4-6,13-18H2,1-3H3/t26-/m1/s1. The Labute approximate surface area is 223 Å². The number of nitrogens with zero attached hydrogens (tertiary/aromatic N) is 2. The van der Waals surface area contributed by atoms with Gasteiger partial charge in [0.25, 0.3) is 11.7 Å². The fourth-order valence-electron chi connectivity index (χ4n) is 4.80. The zero-order chi connectivity index (χ0) is 27.1. The minimum Gasteiger partial charge on any atom is -0.507 e. The largest absolute Gasteiger partial charge is 0.507 e. The summed E-state index contributed by atoms with van der Waals surface area (Å²) in [5.41, 5.74) is 1.14. The molecule has 9 heteroatoms. The van der Waals surface area contributed by atoms with E-state index in [2.05, 4.69) is 4.90 Å². The number of rotatable bonds is 11. The molecule has 1 atom stereocenters. The number of hydrogen-bond acceptors (Lipinski definition) is 8. The van der Waals surface area contributed by atoms with Gasteiger partial charge in [0.15, 0.2) is 11.5 Å². The number of ether oxygens (including phenoxy) is 4. The second-order valence-electron chi connectivity index (χ2n) is 8.98. The Morgan fingerprint density at radius 2 is 1.55 bits per heavy atom. The second-order valence-corrected chi connectivity index (χ2v) is 8.98. The molecule has 2 aromatic rings. The number of aliphatic hydroxyl groups excluding tert-OH is 1. The normalized spacial score (nSPS) is 19.6. The Kier molecular flexibility index (Phi) is 9.25. The van der Waals surface area contributed by atoms with Gasteiger partial charge in [-0.3, -0.25) is 14.5 Å². The maximum atomic E-state index is 13.4. The number of hydrogen-bond donors (Lipinski definition) is 1. The molecule has 2 heterocycles. The topological polar surface area (TPSA) is 97.8 Å². The molecular weight excluding hydrogens is 488 g/mol. The molecule has 204 valence electrons.